The van der Waals surface area contributed by atoms with E-state index in [0.29, 0.717) is 28.3 Å². The number of carbonyl (C=O) groups is 3. The van der Waals surface area contributed by atoms with Crippen LogP contribution in [0, 0.1) is 0 Å². The van der Waals surface area contributed by atoms with Gasteiger partial charge in [0.2, 0.25) is 0 Å². The molecule has 0 aromatic heterocycles. The van der Waals surface area contributed by atoms with Crippen molar-refractivity contribution in [2.24, 2.45) is 0 Å². The lowest BCUT2D eigenvalue weighted by molar-refractivity contribution is -0.139. The Morgan fingerprint density at radius 2 is 1.70 bits per heavy atom. The van der Waals surface area contributed by atoms with E-state index < -0.39 is 17.8 Å². The SMILES string of the molecule is COC(=O)CNC(=O)c1cccc(NC(=O)c2ccc(OC)cc2OC)c1. The van der Waals surface area contributed by atoms with E-state index in [1.807, 2.05) is 0 Å². The summed E-state index contributed by atoms with van der Waals surface area (Å²) >= 11 is 0. The van der Waals surface area contributed by atoms with E-state index >= 15 is 0 Å². The molecule has 0 radical (unpaired) electrons. The molecule has 0 bridgehead atoms. The third-order valence-corrected chi connectivity index (χ3v) is 3.66. The van der Waals surface area contributed by atoms with Gasteiger partial charge in [0.05, 0.1) is 26.9 Å². The van der Waals surface area contributed by atoms with E-state index in [0.717, 1.165) is 0 Å². The van der Waals surface area contributed by atoms with Gasteiger partial charge in [0.1, 0.15) is 18.0 Å². The van der Waals surface area contributed by atoms with Crippen LogP contribution in [-0.2, 0) is 9.53 Å². The molecule has 8 nitrogen and oxygen atoms in total. The molecule has 2 N–H and O–H groups in total. The summed E-state index contributed by atoms with van der Waals surface area (Å²) in [5.74, 6) is -0.494. The third kappa shape index (κ3) is 5.21. The minimum absolute atomic E-state index is 0.241. The first kappa shape index (κ1) is 19.8. The number of methoxy groups -OCH3 is 3. The summed E-state index contributed by atoms with van der Waals surface area (Å²) in [6.45, 7) is -0.241. The highest BCUT2D eigenvalue weighted by Gasteiger charge is 2.15. The van der Waals surface area contributed by atoms with Crippen LogP contribution in [0.5, 0.6) is 11.5 Å². The number of hydrogen-bond donors (Lipinski definition) is 2. The molecule has 0 spiro atoms. The summed E-state index contributed by atoms with van der Waals surface area (Å²) < 4.78 is 14.8. The predicted octanol–water partition coefficient (Wildman–Crippen LogP) is 1.86. The topological polar surface area (TPSA) is 103 Å². The molecule has 0 aliphatic rings. The molecule has 27 heavy (non-hydrogen) atoms. The number of benzene rings is 2. The summed E-state index contributed by atoms with van der Waals surface area (Å²) in [5, 5.41) is 5.14. The van der Waals surface area contributed by atoms with Crippen LogP contribution in [-0.4, -0.2) is 45.7 Å². The number of nitrogens with one attached hydrogen (secondary N) is 2. The van der Waals surface area contributed by atoms with Gasteiger partial charge in [-0.3, -0.25) is 14.4 Å². The molecule has 0 aliphatic carbocycles. The number of esters is 1. The van der Waals surface area contributed by atoms with Crippen LogP contribution in [0.15, 0.2) is 42.5 Å². The lowest BCUT2D eigenvalue weighted by Crippen LogP contribution is -2.30. The Morgan fingerprint density at radius 1 is 0.926 bits per heavy atom. The molecule has 0 saturated carbocycles. The molecular weight excluding hydrogens is 352 g/mol. The fraction of sp³-hybridized carbons (Fsp3) is 0.211. The largest absolute Gasteiger partial charge is 0.497 e. The fourth-order valence-electron chi connectivity index (χ4n) is 2.25. The number of hydrogen-bond acceptors (Lipinski definition) is 6. The van der Waals surface area contributed by atoms with Crippen molar-refractivity contribution in [3.8, 4) is 11.5 Å². The van der Waals surface area contributed by atoms with E-state index in [2.05, 4.69) is 15.4 Å². The summed E-state index contributed by atoms with van der Waals surface area (Å²) in [5.41, 5.74) is 1.03. The summed E-state index contributed by atoms with van der Waals surface area (Å²) in [7, 11) is 4.21. The van der Waals surface area contributed by atoms with Gasteiger partial charge in [-0.2, -0.15) is 0 Å². The molecule has 2 aromatic carbocycles. The normalized spacial score (nSPS) is 9.89. The van der Waals surface area contributed by atoms with Crippen LogP contribution in [0.3, 0.4) is 0 Å². The first-order chi connectivity index (χ1) is 13.0. The Labute approximate surface area is 156 Å². The van der Waals surface area contributed by atoms with E-state index in [1.54, 1.807) is 36.4 Å². The van der Waals surface area contributed by atoms with Crippen LogP contribution in [0.25, 0.3) is 0 Å². The maximum Gasteiger partial charge on any atom is 0.325 e. The van der Waals surface area contributed by atoms with Gasteiger partial charge >= 0.3 is 5.97 Å². The molecule has 2 aromatic rings. The van der Waals surface area contributed by atoms with Crippen molar-refractivity contribution in [2.45, 2.75) is 0 Å². The van der Waals surface area contributed by atoms with Gasteiger partial charge in [-0.1, -0.05) is 6.07 Å². The Balaban J connectivity index is 2.13. The second kappa shape index (κ2) is 9.23. The summed E-state index contributed by atoms with van der Waals surface area (Å²) in [4.78, 5) is 35.7. The van der Waals surface area contributed by atoms with E-state index in [4.69, 9.17) is 9.47 Å². The van der Waals surface area contributed by atoms with Crippen molar-refractivity contribution in [2.75, 3.05) is 33.2 Å². The maximum absolute atomic E-state index is 12.5. The zero-order valence-electron chi connectivity index (χ0n) is 15.2. The van der Waals surface area contributed by atoms with Crippen LogP contribution < -0.4 is 20.1 Å². The molecule has 8 heteroatoms. The van der Waals surface area contributed by atoms with E-state index in [-0.39, 0.29) is 6.54 Å². The molecule has 0 aliphatic heterocycles. The van der Waals surface area contributed by atoms with Gasteiger partial charge in [0.15, 0.2) is 0 Å². The number of amides is 2. The number of anilines is 1. The standard InChI is InChI=1S/C19H20N2O6/c1-25-14-7-8-15(16(10-14)26-2)19(24)21-13-6-4-5-12(9-13)18(23)20-11-17(22)27-3/h4-10H,11H2,1-3H3,(H,20,23)(H,21,24). The van der Waals surface area contributed by atoms with Gasteiger partial charge in [-0.25, -0.2) is 0 Å². The van der Waals surface area contributed by atoms with Crippen LogP contribution in [0.4, 0.5) is 5.69 Å². The summed E-state index contributed by atoms with van der Waals surface area (Å²) in [6.07, 6.45) is 0. The molecule has 0 unspecified atom stereocenters. The van der Waals surface area contributed by atoms with Gasteiger partial charge in [0, 0.05) is 17.3 Å². The second-order valence-corrected chi connectivity index (χ2v) is 5.36. The molecule has 142 valence electrons. The monoisotopic (exact) mass is 372 g/mol. The highest BCUT2D eigenvalue weighted by atomic mass is 16.5. The Morgan fingerprint density at radius 3 is 2.37 bits per heavy atom. The molecular formula is C19H20N2O6. The zero-order valence-corrected chi connectivity index (χ0v) is 15.2. The quantitative estimate of drug-likeness (QED) is 0.719. The smallest absolute Gasteiger partial charge is 0.325 e. The van der Waals surface area contributed by atoms with Gasteiger partial charge in [-0.05, 0) is 30.3 Å². The lowest BCUT2D eigenvalue weighted by atomic mass is 10.1. The lowest BCUT2D eigenvalue weighted by Gasteiger charge is -2.11. The Kier molecular flexibility index (Phi) is 6.76. The van der Waals surface area contributed by atoms with Crippen LogP contribution in [0.2, 0.25) is 0 Å². The average molecular weight is 372 g/mol. The maximum atomic E-state index is 12.5. The number of ether oxygens (including phenoxy) is 3. The summed E-state index contributed by atoms with van der Waals surface area (Å²) in [6, 6.07) is 11.2. The van der Waals surface area contributed by atoms with E-state index in [1.165, 1.54) is 27.4 Å². The predicted molar refractivity (Wildman–Crippen MR) is 98.3 cm³/mol. The minimum Gasteiger partial charge on any atom is -0.497 e. The second-order valence-electron chi connectivity index (χ2n) is 5.36. The Bertz CT molecular complexity index is 850. The highest BCUT2D eigenvalue weighted by molar-refractivity contribution is 6.07. The van der Waals surface area contributed by atoms with Gasteiger partial charge in [-0.15, -0.1) is 0 Å². The zero-order chi connectivity index (χ0) is 19.8. The van der Waals surface area contributed by atoms with Crippen molar-refractivity contribution >= 4 is 23.5 Å². The van der Waals surface area contributed by atoms with Crippen molar-refractivity contribution in [1.29, 1.82) is 0 Å². The number of carbonyl (C=O) groups excluding carboxylic acids is 3. The third-order valence-electron chi connectivity index (χ3n) is 3.66. The van der Waals surface area contributed by atoms with Gasteiger partial charge in [0.25, 0.3) is 11.8 Å². The molecule has 0 saturated heterocycles. The minimum atomic E-state index is -0.556. The van der Waals surface area contributed by atoms with Crippen molar-refractivity contribution in [3.63, 3.8) is 0 Å². The first-order valence-electron chi connectivity index (χ1n) is 7.97. The Hall–Kier alpha value is -3.55. The molecule has 2 amide bonds. The average Bonchev–Trinajstić information content (AvgIpc) is 2.71. The molecule has 0 heterocycles. The molecule has 0 atom stereocenters. The van der Waals surface area contributed by atoms with E-state index in [9.17, 15) is 14.4 Å². The molecule has 0 fully saturated rings. The first-order valence-corrected chi connectivity index (χ1v) is 7.97. The van der Waals surface area contributed by atoms with Crippen LogP contribution in [0.1, 0.15) is 20.7 Å². The van der Waals surface area contributed by atoms with Gasteiger partial charge < -0.3 is 24.8 Å². The van der Waals surface area contributed by atoms with Crippen LogP contribution >= 0.6 is 0 Å². The van der Waals surface area contributed by atoms with Crippen molar-refractivity contribution in [1.82, 2.24) is 5.32 Å². The highest BCUT2D eigenvalue weighted by Crippen LogP contribution is 2.25. The van der Waals surface area contributed by atoms with Crippen molar-refractivity contribution < 1.29 is 28.6 Å². The fourth-order valence-corrected chi connectivity index (χ4v) is 2.25. The van der Waals surface area contributed by atoms with Crippen molar-refractivity contribution in [3.05, 3.63) is 53.6 Å². The number of rotatable bonds is 7. The molecule has 2 rings (SSSR count).